The van der Waals surface area contributed by atoms with Gasteiger partial charge < -0.3 is 9.47 Å². The summed E-state index contributed by atoms with van der Waals surface area (Å²) in [6.45, 7) is 1.21. The maximum Gasteiger partial charge on any atom is 0.338 e. The van der Waals surface area contributed by atoms with Crippen LogP contribution in [0.2, 0.25) is 0 Å². The van der Waals surface area contributed by atoms with Crippen molar-refractivity contribution in [1.82, 2.24) is 4.31 Å². The molecule has 0 saturated carbocycles. The average Bonchev–Trinajstić information content (AvgIpc) is 3.16. The van der Waals surface area contributed by atoms with Gasteiger partial charge in [0.2, 0.25) is 21.8 Å². The number of carbonyl (C=O) groups is 3. The van der Waals surface area contributed by atoms with Crippen molar-refractivity contribution in [2.24, 2.45) is 0 Å². The Balaban J connectivity index is 1.40. The fourth-order valence-electron chi connectivity index (χ4n) is 3.58. The number of amides is 2. The molecule has 0 aliphatic carbocycles. The van der Waals surface area contributed by atoms with Gasteiger partial charge in [-0.15, -0.1) is 0 Å². The Hall–Kier alpha value is -3.08. The zero-order valence-electron chi connectivity index (χ0n) is 17.2. The van der Waals surface area contributed by atoms with Crippen molar-refractivity contribution in [3.63, 3.8) is 0 Å². The number of esters is 1. The van der Waals surface area contributed by atoms with E-state index in [1.54, 1.807) is 12.1 Å². The molecule has 2 fully saturated rings. The van der Waals surface area contributed by atoms with Gasteiger partial charge in [0.25, 0.3) is 0 Å². The molecular formula is C22H22N2O7S. The van der Waals surface area contributed by atoms with E-state index in [0.29, 0.717) is 37.6 Å². The predicted octanol–water partition coefficient (Wildman–Crippen LogP) is 1.72. The molecule has 0 spiro atoms. The largest absolute Gasteiger partial charge is 0.457 e. The van der Waals surface area contributed by atoms with Crippen molar-refractivity contribution >= 4 is 33.5 Å². The minimum absolute atomic E-state index is 0.101. The lowest BCUT2D eigenvalue weighted by Gasteiger charge is -2.26. The highest BCUT2D eigenvalue weighted by Gasteiger charge is 2.30. The van der Waals surface area contributed by atoms with Gasteiger partial charge in [-0.1, -0.05) is 12.1 Å². The molecule has 32 heavy (non-hydrogen) atoms. The van der Waals surface area contributed by atoms with Crippen LogP contribution in [0.25, 0.3) is 0 Å². The molecule has 2 aliphatic rings. The Kier molecular flexibility index (Phi) is 6.35. The van der Waals surface area contributed by atoms with Crippen LogP contribution in [-0.4, -0.2) is 56.8 Å². The zero-order chi connectivity index (χ0) is 22.7. The summed E-state index contributed by atoms with van der Waals surface area (Å²) < 4.78 is 37.5. The Morgan fingerprint density at radius 3 is 2.28 bits per heavy atom. The normalized spacial score (nSPS) is 17.6. The molecule has 2 saturated heterocycles. The lowest BCUT2D eigenvalue weighted by molar-refractivity contribution is -0.121. The van der Waals surface area contributed by atoms with Crippen molar-refractivity contribution in [3.05, 3.63) is 59.7 Å². The van der Waals surface area contributed by atoms with Gasteiger partial charge in [-0.2, -0.15) is 4.31 Å². The fraction of sp³-hybridized carbons (Fsp3) is 0.318. The van der Waals surface area contributed by atoms with E-state index in [1.807, 2.05) is 0 Å². The number of rotatable bonds is 6. The molecule has 0 aromatic heterocycles. The Morgan fingerprint density at radius 1 is 0.969 bits per heavy atom. The van der Waals surface area contributed by atoms with Gasteiger partial charge in [-0.05, 0) is 42.0 Å². The summed E-state index contributed by atoms with van der Waals surface area (Å²) in [6.07, 6.45) is 0.367. The molecule has 0 atom stereocenters. The summed E-state index contributed by atoms with van der Waals surface area (Å²) >= 11 is 0. The summed E-state index contributed by atoms with van der Waals surface area (Å²) in [5, 5.41) is 0. The Labute approximate surface area is 185 Å². The summed E-state index contributed by atoms with van der Waals surface area (Å²) in [5.41, 5.74) is 1.21. The van der Waals surface area contributed by atoms with Crippen LogP contribution < -0.4 is 4.90 Å². The van der Waals surface area contributed by atoms with E-state index >= 15 is 0 Å². The average molecular weight is 458 g/mol. The maximum absolute atomic E-state index is 12.8. The van der Waals surface area contributed by atoms with Gasteiger partial charge in [0.1, 0.15) is 6.61 Å². The molecule has 168 valence electrons. The van der Waals surface area contributed by atoms with Gasteiger partial charge in [0.05, 0.1) is 29.4 Å². The number of morpholine rings is 1. The number of ether oxygens (including phenoxy) is 2. The first-order chi connectivity index (χ1) is 15.4. The van der Waals surface area contributed by atoms with Crippen molar-refractivity contribution in [3.8, 4) is 0 Å². The monoisotopic (exact) mass is 458 g/mol. The number of sulfonamides is 1. The first kappa shape index (κ1) is 22.1. The highest BCUT2D eigenvalue weighted by Crippen LogP contribution is 2.23. The van der Waals surface area contributed by atoms with Crippen molar-refractivity contribution in [1.29, 1.82) is 0 Å². The summed E-state index contributed by atoms with van der Waals surface area (Å²) in [6, 6.07) is 12.3. The van der Waals surface area contributed by atoms with E-state index in [4.69, 9.17) is 9.47 Å². The number of benzene rings is 2. The number of imide groups is 1. The van der Waals surface area contributed by atoms with Crippen LogP contribution in [0, 0.1) is 0 Å². The lowest BCUT2D eigenvalue weighted by Crippen LogP contribution is -2.40. The number of anilines is 1. The van der Waals surface area contributed by atoms with Crippen molar-refractivity contribution in [2.75, 3.05) is 31.2 Å². The second kappa shape index (κ2) is 9.19. The molecule has 9 nitrogen and oxygen atoms in total. The minimum atomic E-state index is -3.64. The van der Waals surface area contributed by atoms with Crippen LogP contribution >= 0.6 is 0 Å². The highest BCUT2D eigenvalue weighted by atomic mass is 32.2. The Morgan fingerprint density at radius 2 is 1.62 bits per heavy atom. The topological polar surface area (TPSA) is 110 Å². The highest BCUT2D eigenvalue weighted by molar-refractivity contribution is 7.89. The standard InChI is InChI=1S/C22H22N2O7S/c25-20-8-9-21(26)24(20)18-6-4-17(5-7-18)22(27)31-15-16-2-1-3-19(14-16)32(28,29)23-10-12-30-13-11-23/h1-7,14H,8-13,15H2. The Bertz CT molecular complexity index is 1120. The number of hydrogen-bond donors (Lipinski definition) is 0. The molecule has 0 N–H and O–H groups in total. The number of nitrogens with zero attached hydrogens (tertiary/aromatic N) is 2. The van der Waals surface area contributed by atoms with Gasteiger partial charge in [-0.25, -0.2) is 13.2 Å². The van der Waals surface area contributed by atoms with E-state index in [2.05, 4.69) is 0 Å². The molecule has 0 unspecified atom stereocenters. The third-order valence-corrected chi connectivity index (χ3v) is 7.18. The number of hydrogen-bond acceptors (Lipinski definition) is 7. The summed E-state index contributed by atoms with van der Waals surface area (Å²) in [4.78, 5) is 37.3. The van der Waals surface area contributed by atoms with Crippen LogP contribution in [-0.2, 0) is 35.7 Å². The molecule has 0 bridgehead atoms. The maximum atomic E-state index is 12.8. The van der Waals surface area contributed by atoms with Gasteiger partial charge in [0.15, 0.2) is 0 Å². The van der Waals surface area contributed by atoms with Gasteiger partial charge >= 0.3 is 5.97 Å². The van der Waals surface area contributed by atoms with Crippen LogP contribution in [0.4, 0.5) is 5.69 Å². The zero-order valence-corrected chi connectivity index (χ0v) is 18.0. The second-order valence-electron chi connectivity index (χ2n) is 7.41. The predicted molar refractivity (Wildman–Crippen MR) is 113 cm³/mol. The summed E-state index contributed by atoms with van der Waals surface area (Å²) in [5.74, 6) is -1.13. The second-order valence-corrected chi connectivity index (χ2v) is 9.35. The minimum Gasteiger partial charge on any atom is -0.457 e. The van der Waals surface area contributed by atoms with Gasteiger partial charge in [0, 0.05) is 25.9 Å². The van der Waals surface area contributed by atoms with Crippen LogP contribution in [0.3, 0.4) is 0 Å². The fourth-order valence-corrected chi connectivity index (χ4v) is 5.05. The first-order valence-corrected chi connectivity index (χ1v) is 11.6. The van der Waals surface area contributed by atoms with E-state index in [-0.39, 0.29) is 41.7 Å². The quantitative estimate of drug-likeness (QED) is 0.479. The third kappa shape index (κ3) is 4.57. The smallest absolute Gasteiger partial charge is 0.338 e. The van der Waals surface area contributed by atoms with E-state index in [9.17, 15) is 22.8 Å². The van der Waals surface area contributed by atoms with Gasteiger partial charge in [-0.3, -0.25) is 14.5 Å². The molecular weight excluding hydrogens is 436 g/mol. The first-order valence-electron chi connectivity index (χ1n) is 10.2. The van der Waals surface area contributed by atoms with Crippen LogP contribution in [0.5, 0.6) is 0 Å². The van der Waals surface area contributed by atoms with Crippen molar-refractivity contribution in [2.45, 2.75) is 24.3 Å². The number of carbonyl (C=O) groups excluding carboxylic acids is 3. The molecule has 4 rings (SSSR count). The lowest BCUT2D eigenvalue weighted by atomic mass is 10.2. The van der Waals surface area contributed by atoms with Crippen LogP contribution in [0.1, 0.15) is 28.8 Å². The SMILES string of the molecule is O=C(OCc1cccc(S(=O)(=O)N2CCOCC2)c1)c1ccc(N2C(=O)CCC2=O)cc1. The molecule has 2 aromatic carbocycles. The molecule has 2 heterocycles. The molecule has 2 amide bonds. The van der Waals surface area contributed by atoms with E-state index < -0.39 is 16.0 Å². The molecule has 10 heteroatoms. The molecule has 2 aromatic rings. The summed E-state index contributed by atoms with van der Waals surface area (Å²) in [7, 11) is -3.64. The third-order valence-electron chi connectivity index (χ3n) is 5.29. The van der Waals surface area contributed by atoms with E-state index in [1.165, 1.54) is 40.7 Å². The van der Waals surface area contributed by atoms with Crippen LogP contribution in [0.15, 0.2) is 53.4 Å². The van der Waals surface area contributed by atoms with E-state index in [0.717, 1.165) is 4.90 Å². The van der Waals surface area contributed by atoms with Crippen molar-refractivity contribution < 1.29 is 32.3 Å². The molecule has 2 aliphatic heterocycles. The molecule has 0 radical (unpaired) electrons.